The fraction of sp³-hybridized carbons (Fsp3) is 0.333. The Hall–Kier alpha value is -1.67. The molecule has 0 aliphatic heterocycles. The van der Waals surface area contributed by atoms with Crippen molar-refractivity contribution >= 4 is 0 Å². The molecule has 2 aromatic rings. The van der Waals surface area contributed by atoms with Gasteiger partial charge in [0.2, 0.25) is 0 Å². The number of rotatable bonds is 5. The van der Waals surface area contributed by atoms with Gasteiger partial charge in [0.25, 0.3) is 0 Å². The van der Waals surface area contributed by atoms with Crippen molar-refractivity contribution < 1.29 is 4.39 Å². The predicted molar refractivity (Wildman–Crippen MR) is 80.1 cm³/mol. The highest BCUT2D eigenvalue weighted by Gasteiger charge is 2.44. The van der Waals surface area contributed by atoms with E-state index in [1.165, 1.54) is 5.56 Å². The molecule has 1 aliphatic carbocycles. The highest BCUT2D eigenvalue weighted by atomic mass is 19.1. The van der Waals surface area contributed by atoms with Gasteiger partial charge in [-0.2, -0.15) is 0 Å². The van der Waals surface area contributed by atoms with Gasteiger partial charge in [-0.05, 0) is 36.4 Å². The summed E-state index contributed by atoms with van der Waals surface area (Å²) in [4.78, 5) is 0. The molecule has 0 heterocycles. The number of hydrogen-bond donors (Lipinski definition) is 1. The summed E-state index contributed by atoms with van der Waals surface area (Å²) in [6.07, 6.45) is 1.13. The lowest BCUT2D eigenvalue weighted by Crippen LogP contribution is -2.24. The molecule has 0 aromatic heterocycles. The standard InChI is InChI=1S/C18H20FN/c1-2-20-18(14-10-6-7-11-17(14)19)16-12-15(16)13-8-4-3-5-9-13/h3-11,15-16,18,20H,2,12H2,1H3. The summed E-state index contributed by atoms with van der Waals surface area (Å²) in [6.45, 7) is 2.94. The zero-order valence-electron chi connectivity index (χ0n) is 11.7. The van der Waals surface area contributed by atoms with Crippen molar-refractivity contribution in [2.75, 3.05) is 6.54 Å². The Balaban J connectivity index is 1.82. The van der Waals surface area contributed by atoms with Crippen LogP contribution < -0.4 is 5.32 Å². The fourth-order valence-electron chi connectivity index (χ4n) is 3.11. The van der Waals surface area contributed by atoms with Crippen molar-refractivity contribution in [1.82, 2.24) is 5.32 Å². The highest BCUT2D eigenvalue weighted by Crippen LogP contribution is 2.54. The van der Waals surface area contributed by atoms with E-state index in [4.69, 9.17) is 0 Å². The molecule has 3 unspecified atom stereocenters. The van der Waals surface area contributed by atoms with E-state index in [-0.39, 0.29) is 11.9 Å². The Morgan fingerprint density at radius 3 is 2.50 bits per heavy atom. The Labute approximate surface area is 119 Å². The lowest BCUT2D eigenvalue weighted by molar-refractivity contribution is 0.462. The van der Waals surface area contributed by atoms with Crippen LogP contribution in [0.5, 0.6) is 0 Å². The normalized spacial score (nSPS) is 22.5. The minimum absolute atomic E-state index is 0.0999. The van der Waals surface area contributed by atoms with Crippen LogP contribution in [0.2, 0.25) is 0 Å². The second-order valence-electron chi connectivity index (χ2n) is 5.47. The number of benzene rings is 2. The molecule has 1 saturated carbocycles. The van der Waals surface area contributed by atoms with Gasteiger partial charge in [0, 0.05) is 11.6 Å². The molecule has 1 fully saturated rings. The zero-order valence-corrected chi connectivity index (χ0v) is 11.7. The van der Waals surface area contributed by atoms with Gasteiger partial charge in [0.05, 0.1) is 0 Å². The fourth-order valence-corrected chi connectivity index (χ4v) is 3.11. The van der Waals surface area contributed by atoms with Crippen LogP contribution in [-0.2, 0) is 0 Å². The van der Waals surface area contributed by atoms with E-state index in [1.54, 1.807) is 12.1 Å². The van der Waals surface area contributed by atoms with Crippen LogP contribution in [0.15, 0.2) is 54.6 Å². The van der Waals surface area contributed by atoms with Gasteiger partial charge in [-0.1, -0.05) is 55.5 Å². The molecule has 3 atom stereocenters. The van der Waals surface area contributed by atoms with E-state index in [0.717, 1.165) is 18.5 Å². The molecular formula is C18H20FN. The zero-order chi connectivity index (χ0) is 13.9. The maximum atomic E-state index is 14.0. The maximum Gasteiger partial charge on any atom is 0.127 e. The Bertz CT molecular complexity index is 567. The summed E-state index contributed by atoms with van der Waals surface area (Å²) in [7, 11) is 0. The Morgan fingerprint density at radius 2 is 1.80 bits per heavy atom. The molecule has 0 saturated heterocycles. The van der Waals surface area contributed by atoms with Crippen LogP contribution in [0.25, 0.3) is 0 Å². The molecule has 1 nitrogen and oxygen atoms in total. The first-order valence-corrected chi connectivity index (χ1v) is 7.34. The van der Waals surface area contributed by atoms with E-state index in [0.29, 0.717) is 11.8 Å². The molecule has 1 aliphatic rings. The average molecular weight is 269 g/mol. The van der Waals surface area contributed by atoms with Crippen molar-refractivity contribution in [3.63, 3.8) is 0 Å². The van der Waals surface area contributed by atoms with E-state index >= 15 is 0 Å². The molecule has 2 aromatic carbocycles. The van der Waals surface area contributed by atoms with Crippen molar-refractivity contribution in [2.24, 2.45) is 5.92 Å². The molecule has 1 N–H and O–H groups in total. The van der Waals surface area contributed by atoms with Gasteiger partial charge in [-0.15, -0.1) is 0 Å². The number of hydrogen-bond acceptors (Lipinski definition) is 1. The smallest absolute Gasteiger partial charge is 0.127 e. The van der Waals surface area contributed by atoms with E-state index in [2.05, 4.69) is 36.5 Å². The van der Waals surface area contributed by atoms with Gasteiger partial charge in [0.15, 0.2) is 0 Å². The Kier molecular flexibility index (Phi) is 3.83. The first kappa shape index (κ1) is 13.3. The molecule has 0 radical (unpaired) electrons. The highest BCUT2D eigenvalue weighted by molar-refractivity contribution is 5.31. The summed E-state index contributed by atoms with van der Waals surface area (Å²) in [5.41, 5.74) is 2.18. The average Bonchev–Trinajstić information content (AvgIpc) is 3.27. The molecule has 2 heteroatoms. The van der Waals surface area contributed by atoms with Crippen LogP contribution in [0.1, 0.15) is 36.4 Å². The predicted octanol–water partition coefficient (Wildman–Crippen LogP) is 4.28. The van der Waals surface area contributed by atoms with Gasteiger partial charge < -0.3 is 5.32 Å². The maximum absolute atomic E-state index is 14.0. The molecule has 20 heavy (non-hydrogen) atoms. The Morgan fingerprint density at radius 1 is 1.10 bits per heavy atom. The van der Waals surface area contributed by atoms with Gasteiger partial charge in [-0.3, -0.25) is 0 Å². The van der Waals surface area contributed by atoms with Crippen molar-refractivity contribution in [3.05, 3.63) is 71.5 Å². The number of halogens is 1. The summed E-state index contributed by atoms with van der Waals surface area (Å²) >= 11 is 0. The minimum Gasteiger partial charge on any atom is -0.310 e. The third-order valence-electron chi connectivity index (χ3n) is 4.16. The van der Waals surface area contributed by atoms with Crippen molar-refractivity contribution in [3.8, 4) is 0 Å². The van der Waals surface area contributed by atoms with Crippen LogP contribution in [0, 0.1) is 11.7 Å². The quantitative estimate of drug-likeness (QED) is 0.854. The van der Waals surface area contributed by atoms with Gasteiger partial charge in [-0.25, -0.2) is 4.39 Å². The molecule has 3 rings (SSSR count). The van der Waals surface area contributed by atoms with E-state index < -0.39 is 0 Å². The number of nitrogens with one attached hydrogen (secondary N) is 1. The molecule has 104 valence electrons. The topological polar surface area (TPSA) is 12.0 Å². The monoisotopic (exact) mass is 269 g/mol. The summed E-state index contributed by atoms with van der Waals surface area (Å²) in [5, 5.41) is 3.46. The lowest BCUT2D eigenvalue weighted by Gasteiger charge is -2.19. The van der Waals surface area contributed by atoms with E-state index in [9.17, 15) is 4.39 Å². The summed E-state index contributed by atoms with van der Waals surface area (Å²) < 4.78 is 14.0. The third kappa shape index (κ3) is 2.61. The third-order valence-corrected chi connectivity index (χ3v) is 4.16. The molecule has 0 spiro atoms. The molecular weight excluding hydrogens is 249 g/mol. The van der Waals surface area contributed by atoms with Gasteiger partial charge in [0.1, 0.15) is 5.82 Å². The lowest BCUT2D eigenvalue weighted by atomic mass is 9.98. The second kappa shape index (κ2) is 5.76. The second-order valence-corrected chi connectivity index (χ2v) is 5.47. The van der Waals surface area contributed by atoms with Crippen LogP contribution in [0.4, 0.5) is 4.39 Å². The molecule has 0 amide bonds. The van der Waals surface area contributed by atoms with Crippen LogP contribution in [-0.4, -0.2) is 6.54 Å². The van der Waals surface area contributed by atoms with Crippen LogP contribution in [0.3, 0.4) is 0 Å². The first-order chi connectivity index (χ1) is 9.81. The van der Waals surface area contributed by atoms with Gasteiger partial charge >= 0.3 is 0 Å². The SMILES string of the molecule is CCNC(c1ccccc1F)C1CC1c1ccccc1. The minimum atomic E-state index is -0.0999. The first-order valence-electron chi connectivity index (χ1n) is 7.34. The van der Waals surface area contributed by atoms with Crippen LogP contribution >= 0.6 is 0 Å². The van der Waals surface area contributed by atoms with Crippen molar-refractivity contribution in [1.29, 1.82) is 0 Å². The largest absolute Gasteiger partial charge is 0.310 e. The summed E-state index contributed by atoms with van der Waals surface area (Å²) in [5.74, 6) is 0.950. The summed E-state index contributed by atoms with van der Waals surface area (Å²) in [6, 6.07) is 17.8. The molecule has 0 bridgehead atoms. The van der Waals surface area contributed by atoms with Crippen molar-refractivity contribution in [2.45, 2.75) is 25.3 Å². The van der Waals surface area contributed by atoms with E-state index in [1.807, 2.05) is 18.2 Å².